The zero-order valence-electron chi connectivity index (χ0n) is 12.6. The molecule has 0 spiro atoms. The number of aliphatic hydroxyl groups is 1. The number of alkyl halides is 3. The quantitative estimate of drug-likeness (QED) is 0.468. The highest BCUT2D eigenvalue weighted by Crippen LogP contribution is 2.32. The Bertz CT molecular complexity index is 630. The first kappa shape index (κ1) is 19.6. The molecule has 0 fully saturated rings. The second kappa shape index (κ2) is 7.91. The van der Waals surface area contributed by atoms with E-state index >= 15 is 0 Å². The number of carbonyl (C=O) groups excluding carboxylic acids is 2. The lowest BCUT2D eigenvalue weighted by molar-refractivity contribution is -0.147. The first-order chi connectivity index (χ1) is 11.1. The van der Waals surface area contributed by atoms with Gasteiger partial charge in [0.05, 0.1) is 17.7 Å². The largest absolute Gasteiger partial charge is 0.464 e. The van der Waals surface area contributed by atoms with Gasteiger partial charge in [-0.3, -0.25) is 4.79 Å². The van der Waals surface area contributed by atoms with Gasteiger partial charge in [0.25, 0.3) is 5.91 Å². The van der Waals surface area contributed by atoms with Crippen molar-refractivity contribution in [1.82, 2.24) is 5.32 Å². The fraction of sp³-hybridized carbons (Fsp3) is 0.333. The predicted octanol–water partition coefficient (Wildman–Crippen LogP) is 2.05. The molecular formula is C15H15F4NO4. The minimum atomic E-state index is -4.98. The Labute approximate surface area is 134 Å². The first-order valence-electron chi connectivity index (χ1n) is 6.76. The molecule has 0 saturated carbocycles. The van der Waals surface area contributed by atoms with Crippen LogP contribution in [-0.2, 0) is 15.7 Å². The summed E-state index contributed by atoms with van der Waals surface area (Å²) in [5.74, 6) is -3.54. The highest BCUT2D eigenvalue weighted by atomic mass is 19.4. The van der Waals surface area contributed by atoms with E-state index in [4.69, 9.17) is 0 Å². The summed E-state index contributed by atoms with van der Waals surface area (Å²) >= 11 is 0. The number of esters is 1. The summed E-state index contributed by atoms with van der Waals surface area (Å²) in [5.41, 5.74) is -2.40. The molecule has 0 aromatic heterocycles. The monoisotopic (exact) mass is 349 g/mol. The Morgan fingerprint density at radius 1 is 1.42 bits per heavy atom. The van der Waals surface area contributed by atoms with Crippen molar-refractivity contribution < 1.29 is 37.0 Å². The summed E-state index contributed by atoms with van der Waals surface area (Å²) in [4.78, 5) is 23.8. The topological polar surface area (TPSA) is 75.6 Å². The maximum absolute atomic E-state index is 13.1. The number of hydrogen-bond donors (Lipinski definition) is 2. The van der Waals surface area contributed by atoms with E-state index in [1.54, 1.807) is 0 Å². The van der Waals surface area contributed by atoms with Crippen molar-refractivity contribution in [2.75, 3.05) is 6.61 Å². The van der Waals surface area contributed by atoms with Crippen molar-refractivity contribution in [1.29, 1.82) is 0 Å². The zero-order chi connectivity index (χ0) is 18.5. The van der Waals surface area contributed by atoms with Gasteiger partial charge in [-0.25, -0.2) is 9.18 Å². The van der Waals surface area contributed by atoms with E-state index in [2.05, 4.69) is 11.3 Å². The van der Waals surface area contributed by atoms with E-state index in [0.29, 0.717) is 12.1 Å². The van der Waals surface area contributed by atoms with E-state index in [0.717, 1.165) is 6.08 Å². The Morgan fingerprint density at radius 3 is 2.54 bits per heavy atom. The third kappa shape index (κ3) is 4.79. The normalized spacial score (nSPS) is 13.8. The van der Waals surface area contributed by atoms with Crippen LogP contribution in [0.3, 0.4) is 0 Å². The summed E-state index contributed by atoms with van der Waals surface area (Å²) in [6.45, 7) is 4.63. The molecule has 0 heterocycles. The van der Waals surface area contributed by atoms with Crippen LogP contribution in [0.5, 0.6) is 0 Å². The van der Waals surface area contributed by atoms with Crippen LogP contribution in [0.25, 0.3) is 0 Å². The summed E-state index contributed by atoms with van der Waals surface area (Å²) in [7, 11) is 0. The van der Waals surface area contributed by atoms with Gasteiger partial charge in [-0.15, -0.1) is 6.58 Å². The Balaban J connectivity index is 3.17. The number of benzene rings is 1. The number of halogens is 4. The number of nitrogens with one attached hydrogen (secondary N) is 1. The fourth-order valence-electron chi connectivity index (χ4n) is 1.82. The number of rotatable bonds is 6. The SMILES string of the molecule is C=CC(O)C(NC(=O)c1ccc(F)cc1C(F)(F)F)C(=O)OCC. The predicted molar refractivity (Wildman–Crippen MR) is 75.5 cm³/mol. The van der Waals surface area contributed by atoms with Crippen LogP contribution in [0, 0.1) is 5.82 Å². The van der Waals surface area contributed by atoms with Crippen LogP contribution < -0.4 is 5.32 Å². The van der Waals surface area contributed by atoms with Gasteiger partial charge in [0.2, 0.25) is 0 Å². The lowest BCUT2D eigenvalue weighted by Crippen LogP contribution is -2.49. The molecule has 0 aliphatic heterocycles. The number of aliphatic hydroxyl groups excluding tert-OH is 1. The number of ether oxygens (including phenoxy) is 1. The van der Waals surface area contributed by atoms with Gasteiger partial charge in [0.15, 0.2) is 6.04 Å². The van der Waals surface area contributed by atoms with E-state index in [1.807, 2.05) is 5.32 Å². The molecule has 1 aromatic rings. The lowest BCUT2D eigenvalue weighted by atomic mass is 10.0. The molecule has 0 aliphatic rings. The molecule has 24 heavy (non-hydrogen) atoms. The molecular weight excluding hydrogens is 334 g/mol. The Kier molecular flexibility index (Phi) is 6.47. The van der Waals surface area contributed by atoms with Gasteiger partial charge >= 0.3 is 12.1 Å². The minimum absolute atomic E-state index is 0.0700. The summed E-state index contributed by atoms with van der Waals surface area (Å²) < 4.78 is 56.5. The Hall–Kier alpha value is -2.42. The fourth-order valence-corrected chi connectivity index (χ4v) is 1.82. The van der Waals surface area contributed by atoms with Crippen molar-refractivity contribution in [3.05, 3.63) is 47.8 Å². The number of carbonyl (C=O) groups is 2. The maximum atomic E-state index is 13.1. The molecule has 0 saturated heterocycles. The third-order valence-electron chi connectivity index (χ3n) is 2.94. The summed E-state index contributed by atoms with van der Waals surface area (Å²) in [6, 6.07) is -0.178. The van der Waals surface area contributed by atoms with Crippen LogP contribution in [0.1, 0.15) is 22.8 Å². The van der Waals surface area contributed by atoms with Crippen molar-refractivity contribution in [3.8, 4) is 0 Å². The molecule has 1 aromatic carbocycles. The maximum Gasteiger partial charge on any atom is 0.417 e. The number of hydrogen-bond acceptors (Lipinski definition) is 4. The molecule has 2 unspecified atom stereocenters. The van der Waals surface area contributed by atoms with Crippen LogP contribution >= 0.6 is 0 Å². The molecule has 0 aliphatic carbocycles. The molecule has 2 atom stereocenters. The summed E-state index contributed by atoms with van der Waals surface area (Å²) in [6.07, 6.45) is -5.65. The van der Waals surface area contributed by atoms with Gasteiger partial charge in [-0.05, 0) is 25.1 Å². The number of amides is 1. The van der Waals surface area contributed by atoms with Crippen molar-refractivity contribution in [2.24, 2.45) is 0 Å². The smallest absolute Gasteiger partial charge is 0.417 e. The van der Waals surface area contributed by atoms with E-state index in [-0.39, 0.29) is 12.7 Å². The second-order valence-electron chi connectivity index (χ2n) is 4.62. The van der Waals surface area contributed by atoms with Crippen LogP contribution in [0.2, 0.25) is 0 Å². The van der Waals surface area contributed by atoms with Gasteiger partial charge < -0.3 is 15.2 Å². The summed E-state index contributed by atoms with van der Waals surface area (Å²) in [5, 5.41) is 11.6. The highest BCUT2D eigenvalue weighted by molar-refractivity contribution is 5.98. The molecule has 1 amide bonds. The lowest BCUT2D eigenvalue weighted by Gasteiger charge is -2.21. The van der Waals surface area contributed by atoms with Crippen LogP contribution in [-0.4, -0.2) is 35.7 Å². The molecule has 132 valence electrons. The van der Waals surface area contributed by atoms with E-state index < -0.39 is 47.1 Å². The van der Waals surface area contributed by atoms with Gasteiger partial charge in [-0.1, -0.05) is 6.08 Å². The second-order valence-corrected chi connectivity index (χ2v) is 4.62. The third-order valence-corrected chi connectivity index (χ3v) is 2.94. The van der Waals surface area contributed by atoms with Crippen molar-refractivity contribution in [3.63, 3.8) is 0 Å². The average Bonchev–Trinajstić information content (AvgIpc) is 2.50. The zero-order valence-corrected chi connectivity index (χ0v) is 12.6. The molecule has 5 nitrogen and oxygen atoms in total. The molecule has 2 N–H and O–H groups in total. The van der Waals surface area contributed by atoms with Crippen LogP contribution in [0.4, 0.5) is 17.6 Å². The molecule has 0 radical (unpaired) electrons. The average molecular weight is 349 g/mol. The van der Waals surface area contributed by atoms with Crippen molar-refractivity contribution >= 4 is 11.9 Å². The van der Waals surface area contributed by atoms with Gasteiger partial charge in [-0.2, -0.15) is 13.2 Å². The molecule has 9 heteroatoms. The van der Waals surface area contributed by atoms with Gasteiger partial charge in [0, 0.05) is 0 Å². The standard InChI is InChI=1S/C15H15F4NO4/c1-3-11(21)12(14(23)24-4-2)20-13(22)9-6-5-8(16)7-10(9)15(17,18)19/h3,5-7,11-12,21H,1,4H2,2H3,(H,20,22). The van der Waals surface area contributed by atoms with Crippen LogP contribution in [0.15, 0.2) is 30.9 Å². The highest BCUT2D eigenvalue weighted by Gasteiger charge is 2.37. The first-order valence-corrected chi connectivity index (χ1v) is 6.76. The Morgan fingerprint density at radius 2 is 2.04 bits per heavy atom. The van der Waals surface area contributed by atoms with E-state index in [9.17, 15) is 32.3 Å². The minimum Gasteiger partial charge on any atom is -0.464 e. The molecule has 1 rings (SSSR count). The van der Waals surface area contributed by atoms with Crippen molar-refractivity contribution in [2.45, 2.75) is 25.2 Å². The van der Waals surface area contributed by atoms with E-state index in [1.165, 1.54) is 6.92 Å². The molecule has 0 bridgehead atoms. The van der Waals surface area contributed by atoms with Gasteiger partial charge in [0.1, 0.15) is 11.9 Å².